The van der Waals surface area contributed by atoms with Crippen LogP contribution in [0.2, 0.25) is 0 Å². The van der Waals surface area contributed by atoms with Crippen LogP contribution in [0.15, 0.2) is 60.4 Å². The zero-order valence-electron chi connectivity index (χ0n) is 46.0. The summed E-state index contributed by atoms with van der Waals surface area (Å²) in [6.45, 7) is 7.94. The van der Waals surface area contributed by atoms with E-state index in [0.717, 1.165) is 4.90 Å². The Kier molecular flexibility index (Phi) is 22.5. The normalized spacial score (nSPS) is 26.4. The summed E-state index contributed by atoms with van der Waals surface area (Å²) >= 11 is 0. The number of hydrogen-bond donors (Lipinski definition) is 11. The third-order valence-electron chi connectivity index (χ3n) is 12.9. The quantitative estimate of drug-likeness (QED) is 0.0469. The molecule has 1 saturated carbocycles. The summed E-state index contributed by atoms with van der Waals surface area (Å²) in [6, 6.07) is 4.65. The standard InChI is InChI=1S/C51H74N8O22/c1-49(2,3)80-45(66)53-22-36(62)43(65)54-35-19-34(56-47(68)76-25-28-11-15-30(16-12-28)59(73)74)37(38(63)41(35)79-44-39(64)42(51(7,70)26-77-44)57(8)48(69)81-50(4,5)6)40-33(18-17-32(78-40)21-52-20-31(61)23-60)55-46(67)75-24-27-9-13-29(14-10-27)58(71)72/h9-17,31,33-42,44,52,60-64,70H,18-26H2,1-8H3,(H,53,66)(H,54,65)(H,55,67)(H,56,68)/t31?,33-,34+,35-,36-,37-,38+,39-,40?,41+,42-,44-,51+/m1/s1. The van der Waals surface area contributed by atoms with Gasteiger partial charge in [-0.15, -0.1) is 0 Å². The molecule has 0 spiro atoms. The van der Waals surface area contributed by atoms with Crippen molar-refractivity contribution < 1.29 is 97.6 Å². The van der Waals surface area contributed by atoms with Gasteiger partial charge in [0.1, 0.15) is 60.2 Å². The highest BCUT2D eigenvalue weighted by Crippen LogP contribution is 2.39. The molecule has 5 amide bonds. The molecule has 30 heteroatoms. The number of hydrogen-bond acceptors (Lipinski definition) is 23. The van der Waals surface area contributed by atoms with Crippen molar-refractivity contribution in [2.24, 2.45) is 5.92 Å². The van der Waals surface area contributed by atoms with Crippen LogP contribution in [0, 0.1) is 26.1 Å². The Morgan fingerprint density at radius 2 is 1.33 bits per heavy atom. The lowest BCUT2D eigenvalue weighted by Crippen LogP contribution is -2.71. The summed E-state index contributed by atoms with van der Waals surface area (Å²) in [6.07, 6.45) is -15.3. The molecule has 2 aliphatic heterocycles. The number of ether oxygens (including phenoxy) is 7. The molecule has 2 fully saturated rings. The van der Waals surface area contributed by atoms with Crippen LogP contribution in [0.1, 0.15) is 72.4 Å². The third kappa shape index (κ3) is 19.0. The second kappa shape index (κ2) is 28.1. The predicted octanol–water partition coefficient (Wildman–Crippen LogP) is 0.849. The van der Waals surface area contributed by atoms with Crippen LogP contribution >= 0.6 is 0 Å². The van der Waals surface area contributed by atoms with Crippen LogP contribution in [-0.2, 0) is 51.2 Å². The number of carbonyl (C=O) groups excluding carboxylic acids is 5. The lowest BCUT2D eigenvalue weighted by atomic mass is 9.72. The lowest BCUT2D eigenvalue weighted by Gasteiger charge is -2.52. The summed E-state index contributed by atoms with van der Waals surface area (Å²) in [5.41, 5.74) is -3.69. The minimum atomic E-state index is -2.00. The number of aliphatic hydroxyl groups excluding tert-OH is 5. The summed E-state index contributed by atoms with van der Waals surface area (Å²) in [4.78, 5) is 89.9. The van der Waals surface area contributed by atoms with Crippen LogP contribution in [0.4, 0.5) is 30.6 Å². The van der Waals surface area contributed by atoms with Crippen LogP contribution < -0.4 is 26.6 Å². The smallest absolute Gasteiger partial charge is 0.410 e. The average Bonchev–Trinajstić information content (AvgIpc) is 3.49. The Labute approximate surface area is 465 Å². The van der Waals surface area contributed by atoms with Gasteiger partial charge in [0.15, 0.2) is 6.29 Å². The number of benzene rings is 2. The van der Waals surface area contributed by atoms with Gasteiger partial charge in [-0.05, 0) is 103 Å². The molecule has 0 bridgehead atoms. The maximum Gasteiger partial charge on any atom is 0.410 e. The highest BCUT2D eigenvalue weighted by Gasteiger charge is 2.56. The Morgan fingerprint density at radius 1 is 0.790 bits per heavy atom. The summed E-state index contributed by atoms with van der Waals surface area (Å²) in [5, 5.41) is 103. The first-order chi connectivity index (χ1) is 37.9. The van der Waals surface area contributed by atoms with Crippen molar-refractivity contribution in [3.05, 3.63) is 91.7 Å². The van der Waals surface area contributed by atoms with Crippen LogP contribution in [-0.4, -0.2) is 199 Å². The topological polar surface area (TPSA) is 421 Å². The molecule has 5 rings (SSSR count). The molecule has 81 heavy (non-hydrogen) atoms. The van der Waals surface area contributed by atoms with Gasteiger partial charge in [0, 0.05) is 49.8 Å². The van der Waals surface area contributed by atoms with E-state index in [9.17, 15) is 74.8 Å². The van der Waals surface area contributed by atoms with Gasteiger partial charge >= 0.3 is 24.4 Å². The summed E-state index contributed by atoms with van der Waals surface area (Å²) in [5.74, 6) is -2.47. The monoisotopic (exact) mass is 1150 g/mol. The SMILES string of the molecule is CN(C(=O)OC(C)(C)C)[C@@H]1[C@@H](O)[C@@H](O[C@@H]2[C@@H](O)[C@H](C3OC(CNCC(O)CO)=CC[C@H]3NC(=O)OCc3ccc([N+](=O)[O-])cc3)[C@@H](NC(=O)OCc3ccc([N+](=O)[O-])cc3)C[C@H]2NC(=O)[C@H](O)CNC(=O)OC(C)(C)C)OC[C@]1(C)O. The van der Waals surface area contributed by atoms with E-state index in [1.165, 1.54) is 62.5 Å². The molecule has 2 heterocycles. The summed E-state index contributed by atoms with van der Waals surface area (Å²) < 4.78 is 40.6. The van der Waals surface area contributed by atoms with E-state index in [0.29, 0.717) is 11.1 Å². The van der Waals surface area contributed by atoms with Gasteiger partial charge in [0.25, 0.3) is 17.3 Å². The molecule has 3 aliphatic rings. The van der Waals surface area contributed by atoms with E-state index in [4.69, 9.17) is 33.2 Å². The van der Waals surface area contributed by atoms with E-state index in [1.54, 1.807) is 47.6 Å². The van der Waals surface area contributed by atoms with Crippen molar-refractivity contribution in [3.8, 4) is 0 Å². The number of amides is 5. The van der Waals surface area contributed by atoms with E-state index in [2.05, 4.69) is 26.6 Å². The molecule has 13 atom stereocenters. The number of nitrogens with one attached hydrogen (secondary N) is 5. The molecule has 11 N–H and O–H groups in total. The Bertz CT molecular complexity index is 2520. The number of aliphatic hydroxyl groups is 6. The van der Waals surface area contributed by atoms with Crippen LogP contribution in [0.3, 0.4) is 0 Å². The van der Waals surface area contributed by atoms with Crippen LogP contribution in [0.25, 0.3) is 0 Å². The fourth-order valence-electron chi connectivity index (χ4n) is 9.18. The van der Waals surface area contributed by atoms with E-state index in [1.807, 2.05) is 0 Å². The van der Waals surface area contributed by atoms with Gasteiger partial charge in [-0.2, -0.15) is 0 Å². The Morgan fingerprint density at radius 3 is 1.85 bits per heavy atom. The Hall–Kier alpha value is -7.03. The van der Waals surface area contributed by atoms with Crippen molar-refractivity contribution in [2.75, 3.05) is 39.9 Å². The maximum absolute atomic E-state index is 14.0. The minimum absolute atomic E-state index is 0.0713. The molecule has 0 aromatic heterocycles. The van der Waals surface area contributed by atoms with Gasteiger partial charge in [-0.1, -0.05) is 0 Å². The molecule has 450 valence electrons. The zero-order valence-corrected chi connectivity index (χ0v) is 46.0. The molecule has 2 unspecified atom stereocenters. The molecular formula is C51H74N8O22. The Balaban J connectivity index is 1.57. The lowest BCUT2D eigenvalue weighted by molar-refractivity contribution is -0.385. The number of alkyl carbamates (subject to hydrolysis) is 3. The number of likely N-dealkylation sites (N-methyl/N-ethyl adjacent to an activating group) is 1. The van der Waals surface area contributed by atoms with E-state index >= 15 is 0 Å². The highest BCUT2D eigenvalue weighted by atomic mass is 16.7. The van der Waals surface area contributed by atoms with Crippen LogP contribution in [0.5, 0.6) is 0 Å². The zero-order chi connectivity index (χ0) is 60.1. The number of rotatable bonds is 21. The van der Waals surface area contributed by atoms with Gasteiger partial charge in [0.2, 0.25) is 0 Å². The molecular weight excluding hydrogens is 1080 g/mol. The first-order valence-corrected chi connectivity index (χ1v) is 25.8. The number of nitro benzene ring substituents is 2. The van der Waals surface area contributed by atoms with Crippen molar-refractivity contribution in [3.63, 3.8) is 0 Å². The highest BCUT2D eigenvalue weighted by molar-refractivity contribution is 5.82. The first-order valence-electron chi connectivity index (χ1n) is 25.8. The average molecular weight is 1150 g/mol. The predicted molar refractivity (Wildman–Crippen MR) is 279 cm³/mol. The molecule has 1 aliphatic carbocycles. The van der Waals surface area contributed by atoms with Gasteiger partial charge in [0.05, 0.1) is 66.5 Å². The van der Waals surface area contributed by atoms with Gasteiger partial charge < -0.3 is 95.3 Å². The van der Waals surface area contributed by atoms with Crippen molar-refractivity contribution in [1.29, 1.82) is 0 Å². The number of nitrogens with zero attached hydrogens (tertiary/aromatic N) is 3. The molecule has 1 saturated heterocycles. The maximum atomic E-state index is 14.0. The molecule has 30 nitrogen and oxygen atoms in total. The first kappa shape index (κ1) is 64.8. The fourth-order valence-corrected chi connectivity index (χ4v) is 9.18. The van der Waals surface area contributed by atoms with Crippen molar-refractivity contribution in [1.82, 2.24) is 31.5 Å². The molecule has 0 radical (unpaired) electrons. The third-order valence-corrected chi connectivity index (χ3v) is 12.9. The number of nitro groups is 2. The minimum Gasteiger partial charge on any atom is -0.491 e. The second-order valence-corrected chi connectivity index (χ2v) is 21.9. The fraction of sp³-hybridized carbons (Fsp3) is 0.627. The van der Waals surface area contributed by atoms with E-state index in [-0.39, 0.29) is 43.3 Å². The summed E-state index contributed by atoms with van der Waals surface area (Å²) in [7, 11) is 1.26. The largest absolute Gasteiger partial charge is 0.491 e. The van der Waals surface area contributed by atoms with Gasteiger partial charge in [-0.3, -0.25) is 25.0 Å². The van der Waals surface area contributed by atoms with Crippen molar-refractivity contribution in [2.45, 2.75) is 158 Å². The number of carbonyl (C=O) groups is 5. The molecule has 2 aromatic rings. The van der Waals surface area contributed by atoms with E-state index < -0.39 is 163 Å². The van der Waals surface area contributed by atoms with Gasteiger partial charge in [-0.25, -0.2) is 19.2 Å². The van der Waals surface area contributed by atoms with Crippen molar-refractivity contribution >= 4 is 41.7 Å². The molecule has 2 aromatic carbocycles. The number of non-ortho nitro benzene ring substituents is 2. The second-order valence-electron chi connectivity index (χ2n) is 21.9.